The summed E-state index contributed by atoms with van der Waals surface area (Å²) in [5.74, 6) is 2.68. The average molecular weight is 451 g/mol. The predicted octanol–water partition coefficient (Wildman–Crippen LogP) is 2.44. The minimum atomic E-state index is -0.389. The van der Waals surface area contributed by atoms with Gasteiger partial charge in [-0.1, -0.05) is 6.92 Å². The summed E-state index contributed by atoms with van der Waals surface area (Å²) < 4.78 is 7.69. The van der Waals surface area contributed by atoms with Gasteiger partial charge < -0.3 is 19.5 Å². The lowest BCUT2D eigenvalue weighted by molar-refractivity contribution is -0.141. The van der Waals surface area contributed by atoms with Crippen molar-refractivity contribution in [2.45, 2.75) is 58.7 Å². The van der Waals surface area contributed by atoms with Gasteiger partial charge in [0.15, 0.2) is 17.0 Å². The first kappa shape index (κ1) is 21.7. The molecule has 1 saturated carbocycles. The number of amides is 1. The number of imidazole rings is 1. The number of carbonyl (C=O) groups is 1. The van der Waals surface area contributed by atoms with E-state index in [-0.39, 0.29) is 18.0 Å². The van der Waals surface area contributed by atoms with Crippen LogP contribution in [0.15, 0.2) is 18.7 Å². The van der Waals surface area contributed by atoms with E-state index < -0.39 is 0 Å². The average Bonchev–Trinajstić information content (AvgIpc) is 3.62. The summed E-state index contributed by atoms with van der Waals surface area (Å²) in [7, 11) is 0. The van der Waals surface area contributed by atoms with Gasteiger partial charge in [0, 0.05) is 25.5 Å². The van der Waals surface area contributed by atoms with Crippen molar-refractivity contribution in [3.63, 3.8) is 0 Å². The minimum absolute atomic E-state index is 0.103. The number of morpholine rings is 1. The third-order valence-electron chi connectivity index (χ3n) is 6.52. The van der Waals surface area contributed by atoms with Crippen LogP contribution in [0.1, 0.15) is 38.9 Å². The van der Waals surface area contributed by atoms with Crippen LogP contribution in [0.5, 0.6) is 0 Å². The van der Waals surface area contributed by atoms with Crippen molar-refractivity contribution >= 4 is 22.9 Å². The van der Waals surface area contributed by atoms with Crippen LogP contribution in [-0.2, 0) is 16.1 Å². The van der Waals surface area contributed by atoms with E-state index in [1.165, 1.54) is 19.2 Å². The molecule has 2 aliphatic rings. The van der Waals surface area contributed by atoms with E-state index in [1.807, 2.05) is 30.2 Å². The summed E-state index contributed by atoms with van der Waals surface area (Å²) in [5, 5.41) is 3.38. The highest BCUT2D eigenvalue weighted by Gasteiger charge is 2.40. The van der Waals surface area contributed by atoms with Crippen LogP contribution in [0.4, 0.5) is 5.82 Å². The second kappa shape index (κ2) is 9.01. The molecular weight excluding hydrogens is 420 g/mol. The molecule has 0 radical (unpaired) electrons. The Balaban J connectivity index is 1.46. The largest absolute Gasteiger partial charge is 0.377 e. The second-order valence-corrected chi connectivity index (χ2v) is 8.71. The molecule has 174 valence electrons. The zero-order valence-electron chi connectivity index (χ0n) is 19.4. The topological polar surface area (TPSA) is 111 Å². The third-order valence-corrected chi connectivity index (χ3v) is 6.52. The number of ether oxygens (including phenoxy) is 1. The van der Waals surface area contributed by atoms with Gasteiger partial charge in [0.1, 0.15) is 24.0 Å². The molecule has 1 aliphatic heterocycles. The number of hydrogen-bond acceptors (Lipinski definition) is 8. The van der Waals surface area contributed by atoms with Gasteiger partial charge in [-0.15, -0.1) is 0 Å². The highest BCUT2D eigenvalue weighted by atomic mass is 16.5. The maximum Gasteiger partial charge on any atom is 0.245 e. The number of carbonyl (C=O) groups excluding carboxylic acids is 1. The van der Waals surface area contributed by atoms with E-state index in [2.05, 4.69) is 25.3 Å². The molecule has 0 bridgehead atoms. The minimum Gasteiger partial charge on any atom is -0.377 e. The maximum atomic E-state index is 13.5. The SMILES string of the molecule is CCC(Nc1ncnc2c1nc(-c1cnc(C)nc1)n2CC)C(=O)N1CCOC[C@H]1C1CC1. The molecule has 10 nitrogen and oxygen atoms in total. The van der Waals surface area contributed by atoms with Crippen molar-refractivity contribution in [3.8, 4) is 11.4 Å². The lowest BCUT2D eigenvalue weighted by Gasteiger charge is -2.38. The van der Waals surface area contributed by atoms with E-state index >= 15 is 0 Å². The van der Waals surface area contributed by atoms with Gasteiger partial charge >= 0.3 is 0 Å². The van der Waals surface area contributed by atoms with Crippen LogP contribution in [0.2, 0.25) is 0 Å². The summed E-state index contributed by atoms with van der Waals surface area (Å²) in [5.41, 5.74) is 2.17. The van der Waals surface area contributed by atoms with Gasteiger partial charge in [-0.25, -0.2) is 24.9 Å². The zero-order valence-corrected chi connectivity index (χ0v) is 19.4. The molecule has 1 unspecified atom stereocenters. The lowest BCUT2D eigenvalue weighted by Crippen LogP contribution is -2.54. The van der Waals surface area contributed by atoms with Crippen molar-refractivity contribution in [2.24, 2.45) is 5.92 Å². The Bertz CT molecular complexity index is 1140. The Morgan fingerprint density at radius 1 is 1.21 bits per heavy atom. The van der Waals surface area contributed by atoms with Gasteiger partial charge in [-0.05, 0) is 39.0 Å². The van der Waals surface area contributed by atoms with Crippen LogP contribution in [-0.4, -0.2) is 72.1 Å². The number of anilines is 1. The molecule has 1 N–H and O–H groups in total. The number of aromatic nitrogens is 6. The Morgan fingerprint density at radius 3 is 2.70 bits per heavy atom. The molecule has 33 heavy (non-hydrogen) atoms. The molecule has 10 heteroatoms. The zero-order chi connectivity index (χ0) is 22.9. The molecule has 1 aliphatic carbocycles. The summed E-state index contributed by atoms with van der Waals surface area (Å²) in [6.07, 6.45) is 8.05. The summed E-state index contributed by atoms with van der Waals surface area (Å²) in [6, 6.07) is -0.208. The predicted molar refractivity (Wildman–Crippen MR) is 124 cm³/mol. The van der Waals surface area contributed by atoms with E-state index in [9.17, 15) is 4.79 Å². The van der Waals surface area contributed by atoms with Gasteiger partial charge in [0.05, 0.1) is 24.8 Å². The fourth-order valence-corrected chi connectivity index (χ4v) is 4.54. The van der Waals surface area contributed by atoms with E-state index in [4.69, 9.17) is 9.72 Å². The number of nitrogens with one attached hydrogen (secondary N) is 1. The molecule has 1 amide bonds. The molecule has 0 aromatic carbocycles. The lowest BCUT2D eigenvalue weighted by atomic mass is 10.1. The van der Waals surface area contributed by atoms with Crippen molar-refractivity contribution in [1.82, 2.24) is 34.4 Å². The maximum absolute atomic E-state index is 13.5. The van der Waals surface area contributed by atoms with Crippen molar-refractivity contribution < 1.29 is 9.53 Å². The molecule has 3 aromatic heterocycles. The quantitative estimate of drug-likeness (QED) is 0.584. The van der Waals surface area contributed by atoms with Crippen LogP contribution < -0.4 is 5.32 Å². The van der Waals surface area contributed by atoms with E-state index in [0.29, 0.717) is 55.8 Å². The van der Waals surface area contributed by atoms with E-state index in [0.717, 1.165) is 17.0 Å². The number of nitrogens with zero attached hydrogens (tertiary/aromatic N) is 7. The number of aryl methyl sites for hydroxylation is 2. The molecule has 1 saturated heterocycles. The monoisotopic (exact) mass is 450 g/mol. The number of fused-ring (bicyclic) bond motifs is 1. The molecule has 2 fully saturated rings. The molecule has 5 rings (SSSR count). The Kier molecular flexibility index (Phi) is 5.92. The summed E-state index contributed by atoms with van der Waals surface area (Å²) in [4.78, 5) is 37.9. The number of rotatable bonds is 7. The van der Waals surface area contributed by atoms with Gasteiger partial charge in [-0.3, -0.25) is 4.79 Å². The highest BCUT2D eigenvalue weighted by molar-refractivity contribution is 5.90. The number of hydrogen-bond donors (Lipinski definition) is 1. The molecule has 2 atom stereocenters. The summed E-state index contributed by atoms with van der Waals surface area (Å²) >= 11 is 0. The first-order valence-corrected chi connectivity index (χ1v) is 11.8. The fourth-order valence-electron chi connectivity index (χ4n) is 4.54. The normalized spacial score (nSPS) is 19.6. The van der Waals surface area contributed by atoms with Crippen LogP contribution in [0.3, 0.4) is 0 Å². The van der Waals surface area contributed by atoms with Crippen LogP contribution in [0, 0.1) is 12.8 Å². The second-order valence-electron chi connectivity index (χ2n) is 8.71. The van der Waals surface area contributed by atoms with E-state index in [1.54, 1.807) is 12.4 Å². The van der Waals surface area contributed by atoms with Gasteiger partial charge in [0.2, 0.25) is 5.91 Å². The third kappa shape index (κ3) is 4.15. The van der Waals surface area contributed by atoms with Gasteiger partial charge in [0.25, 0.3) is 0 Å². The Hall–Kier alpha value is -3.14. The van der Waals surface area contributed by atoms with Crippen LogP contribution in [0.25, 0.3) is 22.6 Å². The Morgan fingerprint density at radius 2 is 2.00 bits per heavy atom. The van der Waals surface area contributed by atoms with Crippen molar-refractivity contribution in [1.29, 1.82) is 0 Å². The molecule has 3 aromatic rings. The highest BCUT2D eigenvalue weighted by Crippen LogP contribution is 2.37. The fraction of sp³-hybridized carbons (Fsp3) is 0.565. The first-order chi connectivity index (χ1) is 16.1. The molecular formula is C23H30N8O2. The smallest absolute Gasteiger partial charge is 0.245 e. The van der Waals surface area contributed by atoms with Crippen LogP contribution >= 0.6 is 0 Å². The Labute approximate surface area is 192 Å². The van der Waals surface area contributed by atoms with Crippen molar-refractivity contribution in [3.05, 3.63) is 24.5 Å². The summed E-state index contributed by atoms with van der Waals surface area (Å²) in [6.45, 7) is 8.45. The van der Waals surface area contributed by atoms with Gasteiger partial charge in [-0.2, -0.15) is 0 Å². The molecule has 0 spiro atoms. The standard InChI is InChI=1S/C23H30N8O2/c1-4-17(23(32)31-8-9-33-12-18(31)15-6-7-15)28-20-19-22(27-13-26-20)30(5-2)21(29-19)16-10-24-14(3)25-11-16/h10-11,13,15,17-18H,4-9,12H2,1-3H3,(H,26,27,28)/t17?,18-/m0/s1. The molecule has 4 heterocycles. The first-order valence-electron chi connectivity index (χ1n) is 11.8. The van der Waals surface area contributed by atoms with Crippen molar-refractivity contribution in [2.75, 3.05) is 25.1 Å².